The highest BCUT2D eigenvalue weighted by Gasteiger charge is 2.28. The van der Waals surface area contributed by atoms with Crippen LogP contribution in [-0.2, 0) is 0 Å². The van der Waals surface area contributed by atoms with E-state index in [1.165, 1.54) is 6.07 Å². The molecule has 4 nitrogen and oxygen atoms in total. The van der Waals surface area contributed by atoms with Gasteiger partial charge in [-0.15, -0.1) is 0 Å². The Morgan fingerprint density at radius 1 is 1.24 bits per heavy atom. The van der Waals surface area contributed by atoms with Gasteiger partial charge in [-0.3, -0.25) is 0 Å². The summed E-state index contributed by atoms with van der Waals surface area (Å²) in [4.78, 5) is 0. The van der Waals surface area contributed by atoms with Crippen molar-refractivity contribution in [2.45, 2.75) is 18.6 Å². The van der Waals surface area contributed by atoms with Crippen LogP contribution < -0.4 is 9.47 Å². The number of phenolic OH excluding ortho intramolecular Hbond substituents is 1. The van der Waals surface area contributed by atoms with Gasteiger partial charge >= 0.3 is 0 Å². The molecule has 0 spiro atoms. The molecule has 0 aliphatic carbocycles. The van der Waals surface area contributed by atoms with E-state index in [1.807, 2.05) is 0 Å². The number of methoxy groups -OCH3 is 1. The van der Waals surface area contributed by atoms with E-state index < -0.39 is 6.10 Å². The minimum absolute atomic E-state index is 0.0295. The summed E-state index contributed by atoms with van der Waals surface area (Å²) in [5, 5.41) is 20.1. The maximum atomic E-state index is 10.3. The molecular weight excluding hydrogens is 292 g/mol. The first kappa shape index (κ1) is 14.0. The fraction of sp³-hybridized carbons (Fsp3) is 0.250. The van der Waals surface area contributed by atoms with Gasteiger partial charge in [0.25, 0.3) is 0 Å². The normalized spacial score (nSPS) is 20.5. The van der Waals surface area contributed by atoms with Crippen molar-refractivity contribution in [1.29, 1.82) is 0 Å². The van der Waals surface area contributed by atoms with E-state index in [2.05, 4.69) is 0 Å². The number of fused-ring (bicyclic) bond motifs is 1. The summed E-state index contributed by atoms with van der Waals surface area (Å²) in [6, 6.07) is 10.3. The van der Waals surface area contributed by atoms with Gasteiger partial charge < -0.3 is 19.7 Å². The van der Waals surface area contributed by atoms with Crippen LogP contribution >= 0.6 is 11.6 Å². The minimum atomic E-state index is -0.638. The summed E-state index contributed by atoms with van der Waals surface area (Å²) in [7, 11) is 1.58. The van der Waals surface area contributed by atoms with Crippen molar-refractivity contribution >= 4 is 11.6 Å². The first-order valence-electron chi connectivity index (χ1n) is 6.59. The van der Waals surface area contributed by atoms with E-state index in [4.69, 9.17) is 21.1 Å². The lowest BCUT2D eigenvalue weighted by molar-refractivity contribution is 0.0654. The van der Waals surface area contributed by atoms with Crippen molar-refractivity contribution in [2.24, 2.45) is 0 Å². The van der Waals surface area contributed by atoms with Crippen LogP contribution in [0.2, 0.25) is 5.02 Å². The molecule has 110 valence electrons. The molecule has 0 aromatic heterocycles. The van der Waals surface area contributed by atoms with Crippen molar-refractivity contribution < 1.29 is 19.7 Å². The van der Waals surface area contributed by atoms with Crippen molar-refractivity contribution in [3.05, 3.63) is 52.5 Å². The highest BCUT2D eigenvalue weighted by molar-refractivity contribution is 6.32. The first-order valence-corrected chi connectivity index (χ1v) is 6.97. The zero-order valence-electron chi connectivity index (χ0n) is 11.4. The molecule has 2 aromatic carbocycles. The Hall–Kier alpha value is -1.91. The maximum Gasteiger partial charge on any atom is 0.134 e. The quantitative estimate of drug-likeness (QED) is 0.890. The summed E-state index contributed by atoms with van der Waals surface area (Å²) >= 11 is 5.92. The number of hydrogen-bond donors (Lipinski definition) is 2. The standard InChI is InChI=1S/C16H15ClO4/c1-20-10-3-5-15-11(7-10)14(19)8-16(21-15)9-2-4-13(18)12(17)6-9/h2-7,14,16,18-19H,8H2,1H3/t14-,16?/m1/s1. The molecule has 0 saturated heterocycles. The molecule has 0 radical (unpaired) electrons. The van der Waals surface area contributed by atoms with E-state index >= 15 is 0 Å². The molecule has 1 aliphatic rings. The van der Waals surface area contributed by atoms with Gasteiger partial charge in [0.05, 0.1) is 18.2 Å². The summed E-state index contributed by atoms with van der Waals surface area (Å²) in [6.45, 7) is 0. The number of benzene rings is 2. The molecule has 2 N–H and O–H groups in total. The van der Waals surface area contributed by atoms with Crippen LogP contribution in [0.1, 0.15) is 29.8 Å². The fourth-order valence-corrected chi connectivity index (χ4v) is 2.67. The zero-order chi connectivity index (χ0) is 15.0. The van der Waals surface area contributed by atoms with Crippen molar-refractivity contribution in [1.82, 2.24) is 0 Å². The lowest BCUT2D eigenvalue weighted by Gasteiger charge is -2.30. The molecule has 1 heterocycles. The Morgan fingerprint density at radius 2 is 2.05 bits per heavy atom. The number of phenols is 1. The number of aromatic hydroxyl groups is 1. The molecule has 3 rings (SSSR count). The second kappa shape index (κ2) is 5.47. The Labute approximate surface area is 127 Å². The lowest BCUT2D eigenvalue weighted by Crippen LogP contribution is -2.19. The number of aliphatic hydroxyl groups excluding tert-OH is 1. The average molecular weight is 307 g/mol. The molecule has 1 aliphatic heterocycles. The van der Waals surface area contributed by atoms with Crippen molar-refractivity contribution in [2.75, 3.05) is 7.11 Å². The number of halogens is 1. The van der Waals surface area contributed by atoms with Gasteiger partial charge in [0.1, 0.15) is 23.4 Å². The topological polar surface area (TPSA) is 58.9 Å². The van der Waals surface area contributed by atoms with Crippen molar-refractivity contribution in [3.63, 3.8) is 0 Å². The Kier molecular flexibility index (Phi) is 3.66. The van der Waals surface area contributed by atoms with Gasteiger partial charge in [0, 0.05) is 12.0 Å². The van der Waals surface area contributed by atoms with Gasteiger partial charge in [-0.05, 0) is 35.9 Å². The number of hydrogen-bond acceptors (Lipinski definition) is 4. The monoisotopic (exact) mass is 306 g/mol. The molecule has 2 aromatic rings. The molecule has 21 heavy (non-hydrogen) atoms. The first-order chi connectivity index (χ1) is 10.1. The molecule has 2 atom stereocenters. The van der Waals surface area contributed by atoms with E-state index in [-0.39, 0.29) is 16.9 Å². The average Bonchev–Trinajstić information content (AvgIpc) is 2.49. The highest BCUT2D eigenvalue weighted by atomic mass is 35.5. The zero-order valence-corrected chi connectivity index (χ0v) is 12.2. The number of aliphatic hydroxyl groups is 1. The van der Waals surface area contributed by atoms with E-state index in [1.54, 1.807) is 37.4 Å². The van der Waals surface area contributed by atoms with Crippen molar-refractivity contribution in [3.8, 4) is 17.2 Å². The SMILES string of the molecule is COc1ccc2c(c1)[C@H](O)CC(c1ccc(O)c(Cl)c1)O2. The largest absolute Gasteiger partial charge is 0.506 e. The third-order valence-electron chi connectivity index (χ3n) is 3.63. The fourth-order valence-electron chi connectivity index (χ4n) is 2.48. The number of rotatable bonds is 2. The lowest BCUT2D eigenvalue weighted by atomic mass is 9.95. The summed E-state index contributed by atoms with van der Waals surface area (Å²) < 4.78 is 11.1. The van der Waals surface area contributed by atoms with Crippen LogP contribution in [0.4, 0.5) is 0 Å². The van der Waals surface area contributed by atoms with Crippen LogP contribution in [0.5, 0.6) is 17.2 Å². The van der Waals surface area contributed by atoms with Crippen LogP contribution in [-0.4, -0.2) is 17.3 Å². The van der Waals surface area contributed by atoms with Gasteiger partial charge in [-0.1, -0.05) is 17.7 Å². The highest BCUT2D eigenvalue weighted by Crippen LogP contribution is 2.43. The summed E-state index contributed by atoms with van der Waals surface area (Å²) in [5.41, 5.74) is 1.54. The predicted octanol–water partition coefficient (Wildman–Crippen LogP) is 3.61. The van der Waals surface area contributed by atoms with Gasteiger partial charge in [-0.25, -0.2) is 0 Å². The van der Waals surface area contributed by atoms with Crippen LogP contribution in [0.15, 0.2) is 36.4 Å². The van der Waals surface area contributed by atoms with Gasteiger partial charge in [0.2, 0.25) is 0 Å². The molecule has 0 fully saturated rings. The Balaban J connectivity index is 1.92. The maximum absolute atomic E-state index is 10.3. The van der Waals surface area contributed by atoms with Gasteiger partial charge in [-0.2, -0.15) is 0 Å². The Morgan fingerprint density at radius 3 is 2.76 bits per heavy atom. The molecule has 0 saturated carbocycles. The smallest absolute Gasteiger partial charge is 0.134 e. The third kappa shape index (κ3) is 2.64. The molecule has 1 unspecified atom stereocenters. The van der Waals surface area contributed by atoms with Crippen LogP contribution in [0.25, 0.3) is 0 Å². The van der Waals surface area contributed by atoms with Crippen LogP contribution in [0.3, 0.4) is 0 Å². The molecular formula is C16H15ClO4. The van der Waals surface area contributed by atoms with Gasteiger partial charge in [0.15, 0.2) is 0 Å². The second-order valence-electron chi connectivity index (χ2n) is 4.97. The minimum Gasteiger partial charge on any atom is -0.506 e. The molecule has 5 heteroatoms. The van der Waals surface area contributed by atoms with E-state index in [0.29, 0.717) is 17.9 Å². The predicted molar refractivity (Wildman–Crippen MR) is 79.1 cm³/mol. The van der Waals surface area contributed by atoms with Crippen LogP contribution in [0, 0.1) is 0 Å². The molecule has 0 bridgehead atoms. The summed E-state index contributed by atoms with van der Waals surface area (Å²) in [5.74, 6) is 1.34. The molecule has 0 amide bonds. The third-order valence-corrected chi connectivity index (χ3v) is 3.93. The second-order valence-corrected chi connectivity index (χ2v) is 5.38. The van der Waals surface area contributed by atoms with E-state index in [0.717, 1.165) is 11.1 Å². The number of ether oxygens (including phenoxy) is 2. The Bertz CT molecular complexity index is 671. The van der Waals surface area contributed by atoms with E-state index in [9.17, 15) is 10.2 Å². The summed E-state index contributed by atoms with van der Waals surface area (Å²) in [6.07, 6.45) is -0.526.